The van der Waals surface area contributed by atoms with Crippen LogP contribution in [0.1, 0.15) is 6.42 Å². The molecule has 5 nitrogen and oxygen atoms in total. The molecule has 0 aromatic rings. The molecule has 0 radical (unpaired) electrons. The van der Waals surface area contributed by atoms with Crippen molar-refractivity contribution in [2.75, 3.05) is 6.61 Å². The molecule has 0 bridgehead atoms. The summed E-state index contributed by atoms with van der Waals surface area (Å²) >= 11 is 1.84. The number of hydrogen-bond acceptors (Lipinski definition) is 3. The first-order valence-corrected chi connectivity index (χ1v) is 7.12. The van der Waals surface area contributed by atoms with Crippen molar-refractivity contribution < 1.29 is 22.2 Å². The van der Waals surface area contributed by atoms with Gasteiger partial charge in [-0.25, -0.2) is 0 Å². The highest BCUT2D eigenvalue weighted by molar-refractivity contribution is 14.1. The quantitative estimate of drug-likeness (QED) is 0.445. The Bertz CT molecular complexity index is 281. The van der Waals surface area contributed by atoms with E-state index >= 15 is 0 Å². The van der Waals surface area contributed by atoms with Crippen molar-refractivity contribution in [1.29, 1.82) is 0 Å². The Labute approximate surface area is 103 Å². The van der Waals surface area contributed by atoms with Crippen LogP contribution < -0.4 is 0 Å². The molecule has 0 amide bonds. The third-order valence-electron chi connectivity index (χ3n) is 2.28. The van der Waals surface area contributed by atoms with Gasteiger partial charge in [0.05, 0.1) is 12.2 Å². The van der Waals surface area contributed by atoms with Gasteiger partial charge in [0, 0.05) is 18.8 Å². The Kier molecular flexibility index (Phi) is 5.28. The third kappa shape index (κ3) is 4.97. The van der Waals surface area contributed by atoms with Gasteiger partial charge >= 0.3 is 7.60 Å². The van der Waals surface area contributed by atoms with E-state index in [4.69, 9.17) is 17.6 Å². The second-order valence-corrected chi connectivity index (χ2v) is 5.63. The van der Waals surface area contributed by atoms with Crippen molar-refractivity contribution in [3.63, 3.8) is 0 Å². The highest BCUT2D eigenvalue weighted by Gasteiger charge is 2.27. The molecule has 1 rings (SSSR count). The molecule has 1 saturated heterocycles. The average molecular weight is 346 g/mol. The molecule has 15 heavy (non-hydrogen) atoms. The van der Waals surface area contributed by atoms with Crippen LogP contribution in [-0.2, 0) is 12.4 Å². The number of ether oxygens (including phenoxy) is 1. The molecule has 3 unspecified atom stereocenters. The van der Waals surface area contributed by atoms with Crippen molar-refractivity contribution >= 4 is 38.4 Å². The van der Waals surface area contributed by atoms with E-state index in [1.807, 2.05) is 30.9 Å². The smallest absolute Gasteiger partial charge is 0.348 e. The lowest BCUT2D eigenvalue weighted by Gasteiger charge is -2.31. The fourth-order valence-corrected chi connectivity index (χ4v) is 2.50. The zero-order valence-electron chi connectivity index (χ0n) is 8.25. The predicted molar refractivity (Wildman–Crippen MR) is 66.7 cm³/mol. The maximum Gasteiger partial charge on any atom is 0.348 e. The highest BCUT2D eigenvalue weighted by Crippen LogP contribution is 2.37. The standard InChI is InChI=1S/C7H13BIO5P/c8-6-4-13-5(3-7(6)14-9)1-2-15(10,11)12/h1-2,5-7H,3-4,8H2,(H2,10,11,12)/b2-1+. The van der Waals surface area contributed by atoms with Gasteiger partial charge in [-0.15, -0.1) is 0 Å². The molecule has 0 spiro atoms. The van der Waals surface area contributed by atoms with Crippen molar-refractivity contribution in [2.45, 2.75) is 24.4 Å². The zero-order chi connectivity index (χ0) is 11.5. The molecule has 1 fully saturated rings. The van der Waals surface area contributed by atoms with Gasteiger partial charge in [0.2, 0.25) is 0 Å². The lowest BCUT2D eigenvalue weighted by Crippen LogP contribution is -2.33. The van der Waals surface area contributed by atoms with Crippen molar-refractivity contribution in [2.24, 2.45) is 0 Å². The van der Waals surface area contributed by atoms with Crippen LogP contribution in [0.4, 0.5) is 0 Å². The molecule has 0 aromatic heterocycles. The lowest BCUT2D eigenvalue weighted by molar-refractivity contribution is 0.00237. The first-order valence-electron chi connectivity index (χ1n) is 4.56. The summed E-state index contributed by atoms with van der Waals surface area (Å²) in [5.74, 6) is 1.19. The summed E-state index contributed by atoms with van der Waals surface area (Å²) in [4.78, 5) is 17.3. The average Bonchev–Trinajstić information content (AvgIpc) is 2.15. The molecule has 86 valence electrons. The van der Waals surface area contributed by atoms with Gasteiger partial charge in [-0.2, -0.15) is 0 Å². The summed E-state index contributed by atoms with van der Waals surface area (Å²) in [6.45, 7) is 0.545. The van der Waals surface area contributed by atoms with Crippen LogP contribution >= 0.6 is 30.6 Å². The minimum Gasteiger partial charge on any atom is -0.374 e. The lowest BCUT2D eigenvalue weighted by atomic mass is 9.79. The highest BCUT2D eigenvalue weighted by atomic mass is 127. The minimum absolute atomic E-state index is 0.0748. The van der Waals surface area contributed by atoms with Crippen LogP contribution in [0.15, 0.2) is 11.9 Å². The molecular weight excluding hydrogens is 333 g/mol. The van der Waals surface area contributed by atoms with E-state index in [0.29, 0.717) is 18.8 Å². The second-order valence-electron chi connectivity index (χ2n) is 3.64. The molecule has 3 atom stereocenters. The molecule has 1 aliphatic rings. The minimum atomic E-state index is -4.08. The van der Waals surface area contributed by atoms with E-state index in [9.17, 15) is 4.57 Å². The van der Waals surface area contributed by atoms with Crippen LogP contribution in [0.3, 0.4) is 0 Å². The van der Waals surface area contributed by atoms with E-state index in [2.05, 4.69) is 0 Å². The largest absolute Gasteiger partial charge is 0.374 e. The molecule has 0 saturated carbocycles. The third-order valence-corrected chi connectivity index (χ3v) is 3.50. The van der Waals surface area contributed by atoms with Crippen molar-refractivity contribution in [3.8, 4) is 0 Å². The zero-order valence-corrected chi connectivity index (χ0v) is 11.3. The first kappa shape index (κ1) is 13.7. The van der Waals surface area contributed by atoms with Crippen LogP contribution in [0, 0.1) is 0 Å². The maximum atomic E-state index is 10.6. The topological polar surface area (TPSA) is 76.0 Å². The van der Waals surface area contributed by atoms with Crippen LogP contribution in [0.25, 0.3) is 0 Å². The molecule has 1 heterocycles. The van der Waals surface area contributed by atoms with Crippen molar-refractivity contribution in [3.05, 3.63) is 11.9 Å². The summed E-state index contributed by atoms with van der Waals surface area (Å²) in [6, 6.07) is 0. The van der Waals surface area contributed by atoms with E-state index in [0.717, 1.165) is 5.82 Å². The fraction of sp³-hybridized carbons (Fsp3) is 0.714. The molecule has 2 N–H and O–H groups in total. The summed E-state index contributed by atoms with van der Waals surface area (Å²) in [5, 5.41) is 0. The molecule has 1 aliphatic heterocycles. The number of halogens is 1. The second kappa shape index (κ2) is 5.79. The summed E-state index contributed by atoms with van der Waals surface area (Å²) in [5.41, 5.74) is 0. The Hall–Kier alpha value is 0.605. The molecular formula is C7H13BIO5P. The Morgan fingerprint density at radius 2 is 2.27 bits per heavy atom. The van der Waals surface area contributed by atoms with Gasteiger partial charge in [0.1, 0.15) is 30.9 Å². The van der Waals surface area contributed by atoms with E-state index in [-0.39, 0.29) is 12.2 Å². The van der Waals surface area contributed by atoms with E-state index in [1.165, 1.54) is 6.08 Å². The monoisotopic (exact) mass is 346 g/mol. The van der Waals surface area contributed by atoms with E-state index in [1.54, 1.807) is 0 Å². The molecule has 0 aromatic carbocycles. The van der Waals surface area contributed by atoms with Gasteiger partial charge in [-0.1, -0.05) is 0 Å². The molecule has 8 heteroatoms. The number of hydrogen-bond donors (Lipinski definition) is 2. The maximum absolute atomic E-state index is 10.6. The molecule has 0 aliphatic carbocycles. The number of rotatable bonds is 3. The predicted octanol–water partition coefficient (Wildman–Crippen LogP) is 0.623. The fourth-order valence-electron chi connectivity index (χ4n) is 1.38. The van der Waals surface area contributed by atoms with Crippen LogP contribution in [0.2, 0.25) is 5.82 Å². The van der Waals surface area contributed by atoms with Gasteiger partial charge in [0.15, 0.2) is 0 Å². The van der Waals surface area contributed by atoms with Gasteiger partial charge in [-0.3, -0.25) is 4.57 Å². The summed E-state index contributed by atoms with van der Waals surface area (Å²) in [7, 11) is -2.06. The van der Waals surface area contributed by atoms with Gasteiger partial charge < -0.3 is 17.6 Å². The summed E-state index contributed by atoms with van der Waals surface area (Å²) < 4.78 is 21.2. The Morgan fingerprint density at radius 1 is 1.60 bits per heavy atom. The van der Waals surface area contributed by atoms with E-state index < -0.39 is 7.60 Å². The van der Waals surface area contributed by atoms with Gasteiger partial charge in [0.25, 0.3) is 0 Å². The first-order chi connectivity index (χ1) is 6.92. The summed E-state index contributed by atoms with van der Waals surface area (Å²) in [6.07, 6.45) is 1.84. The van der Waals surface area contributed by atoms with Crippen LogP contribution in [0.5, 0.6) is 0 Å². The SMILES string of the molecule is BC1COC(/C=C/P(=O)(O)O)CC1OI. The normalized spacial score (nSPS) is 33.4. The van der Waals surface area contributed by atoms with Crippen LogP contribution in [-0.4, -0.2) is 36.4 Å². The Balaban J connectivity index is 2.52. The van der Waals surface area contributed by atoms with Gasteiger partial charge in [-0.05, 0) is 11.9 Å². The van der Waals surface area contributed by atoms with Crippen molar-refractivity contribution in [1.82, 2.24) is 0 Å². The Morgan fingerprint density at radius 3 is 2.80 bits per heavy atom.